The van der Waals surface area contributed by atoms with Crippen molar-refractivity contribution in [3.05, 3.63) is 54.6 Å². The summed E-state index contributed by atoms with van der Waals surface area (Å²) in [5.41, 5.74) is 1.38. The van der Waals surface area contributed by atoms with Crippen LogP contribution >= 0.6 is 0 Å². The lowest BCUT2D eigenvalue weighted by Crippen LogP contribution is -2.41. The zero-order valence-electron chi connectivity index (χ0n) is 15.1. The largest absolute Gasteiger partial charge is 0.489 e. The molecule has 5 nitrogen and oxygen atoms in total. The van der Waals surface area contributed by atoms with Crippen molar-refractivity contribution in [1.29, 1.82) is 0 Å². The lowest BCUT2D eigenvalue weighted by Gasteiger charge is -2.26. The molecule has 2 aromatic carbocycles. The first-order valence-electron chi connectivity index (χ1n) is 8.25. The molecule has 132 valence electrons. The topological polar surface area (TPSA) is 49.9 Å². The van der Waals surface area contributed by atoms with Crippen LogP contribution in [0.3, 0.4) is 0 Å². The molecule has 0 bridgehead atoms. The number of rotatable bonds is 6. The smallest absolute Gasteiger partial charge is 0.246 e. The van der Waals surface area contributed by atoms with Crippen LogP contribution in [0.1, 0.15) is 20.8 Å². The molecule has 0 aliphatic carbocycles. The second kappa shape index (κ2) is 8.33. The van der Waals surface area contributed by atoms with Crippen molar-refractivity contribution in [2.45, 2.75) is 26.9 Å². The minimum atomic E-state index is -0.213. The van der Waals surface area contributed by atoms with Gasteiger partial charge in [-0.15, -0.1) is 0 Å². The van der Waals surface area contributed by atoms with Gasteiger partial charge in [-0.1, -0.05) is 30.3 Å². The molecule has 2 amide bonds. The van der Waals surface area contributed by atoms with E-state index in [0.717, 1.165) is 5.69 Å². The summed E-state index contributed by atoms with van der Waals surface area (Å²) in [6.07, 6.45) is -0.0300. The molecular formula is C20H24N2O3. The maximum atomic E-state index is 12.7. The van der Waals surface area contributed by atoms with E-state index in [4.69, 9.17) is 4.74 Å². The third-order valence-corrected chi connectivity index (χ3v) is 3.71. The highest BCUT2D eigenvalue weighted by Crippen LogP contribution is 2.29. The Morgan fingerprint density at radius 1 is 1.00 bits per heavy atom. The molecule has 5 heteroatoms. The third-order valence-electron chi connectivity index (χ3n) is 3.71. The third kappa shape index (κ3) is 4.83. The SMILES string of the molecule is CC(=O)N(CC(=O)N(C)c1ccccc1)c1ccccc1OC(C)C. The van der Waals surface area contributed by atoms with Crippen molar-refractivity contribution < 1.29 is 14.3 Å². The number of likely N-dealkylation sites (N-methyl/N-ethyl adjacent to an activating group) is 1. The maximum absolute atomic E-state index is 12.7. The molecule has 0 atom stereocenters. The van der Waals surface area contributed by atoms with Crippen LogP contribution < -0.4 is 14.5 Å². The summed E-state index contributed by atoms with van der Waals surface area (Å²) >= 11 is 0. The average Bonchev–Trinajstić information content (AvgIpc) is 2.59. The van der Waals surface area contributed by atoms with E-state index < -0.39 is 0 Å². The van der Waals surface area contributed by atoms with Crippen LogP contribution in [0.4, 0.5) is 11.4 Å². The molecule has 0 fully saturated rings. The minimum Gasteiger partial charge on any atom is -0.489 e. The number of amides is 2. The van der Waals surface area contributed by atoms with Crippen LogP contribution in [0.2, 0.25) is 0 Å². The van der Waals surface area contributed by atoms with Gasteiger partial charge in [-0.3, -0.25) is 14.5 Å². The van der Waals surface area contributed by atoms with E-state index in [1.54, 1.807) is 24.1 Å². The lowest BCUT2D eigenvalue weighted by atomic mass is 10.2. The van der Waals surface area contributed by atoms with Gasteiger partial charge in [0.05, 0.1) is 11.8 Å². The second-order valence-electron chi connectivity index (χ2n) is 6.03. The van der Waals surface area contributed by atoms with Crippen molar-refractivity contribution in [2.75, 3.05) is 23.4 Å². The van der Waals surface area contributed by atoms with Gasteiger partial charge >= 0.3 is 0 Å². The van der Waals surface area contributed by atoms with E-state index in [9.17, 15) is 9.59 Å². The molecule has 2 rings (SSSR count). The molecule has 0 spiro atoms. The first kappa shape index (κ1) is 18.5. The highest BCUT2D eigenvalue weighted by atomic mass is 16.5. The zero-order chi connectivity index (χ0) is 18.4. The van der Waals surface area contributed by atoms with Crippen molar-refractivity contribution in [1.82, 2.24) is 0 Å². The summed E-state index contributed by atoms with van der Waals surface area (Å²) in [5.74, 6) is 0.193. The Labute approximate surface area is 148 Å². The van der Waals surface area contributed by atoms with Crippen LogP contribution in [0, 0.1) is 0 Å². The van der Waals surface area contributed by atoms with Crippen LogP contribution in [0.15, 0.2) is 54.6 Å². The van der Waals surface area contributed by atoms with Crippen molar-refractivity contribution >= 4 is 23.2 Å². The van der Waals surface area contributed by atoms with E-state index in [1.807, 2.05) is 56.3 Å². The molecule has 0 aliphatic rings. The summed E-state index contributed by atoms with van der Waals surface area (Å²) in [6.45, 7) is 5.23. The van der Waals surface area contributed by atoms with Crippen molar-refractivity contribution in [3.63, 3.8) is 0 Å². The zero-order valence-corrected chi connectivity index (χ0v) is 15.1. The number of ether oxygens (including phenoxy) is 1. The fraction of sp³-hybridized carbons (Fsp3) is 0.300. The first-order valence-corrected chi connectivity index (χ1v) is 8.25. The van der Waals surface area contributed by atoms with Crippen LogP contribution in [0.5, 0.6) is 5.75 Å². The Morgan fingerprint density at radius 3 is 2.20 bits per heavy atom. The number of benzene rings is 2. The summed E-state index contributed by atoms with van der Waals surface area (Å²) in [6, 6.07) is 16.6. The van der Waals surface area contributed by atoms with Gasteiger partial charge in [0, 0.05) is 19.7 Å². The van der Waals surface area contributed by atoms with Gasteiger partial charge in [0.15, 0.2) is 0 Å². The number of para-hydroxylation sites is 3. The fourth-order valence-corrected chi connectivity index (χ4v) is 2.44. The molecule has 0 aliphatic heterocycles. The predicted octanol–water partition coefficient (Wildman–Crippen LogP) is 3.49. The normalized spacial score (nSPS) is 10.4. The second-order valence-corrected chi connectivity index (χ2v) is 6.03. The molecular weight excluding hydrogens is 316 g/mol. The highest BCUT2D eigenvalue weighted by molar-refractivity contribution is 6.03. The summed E-state index contributed by atoms with van der Waals surface area (Å²) < 4.78 is 5.78. The number of hydrogen-bond acceptors (Lipinski definition) is 3. The van der Waals surface area contributed by atoms with Gasteiger partial charge in [-0.25, -0.2) is 0 Å². The first-order chi connectivity index (χ1) is 11.9. The molecule has 0 heterocycles. The quantitative estimate of drug-likeness (QED) is 0.809. The summed E-state index contributed by atoms with van der Waals surface area (Å²) in [4.78, 5) is 27.8. The van der Waals surface area contributed by atoms with Gasteiger partial charge in [-0.05, 0) is 38.1 Å². The Morgan fingerprint density at radius 2 is 1.60 bits per heavy atom. The number of anilines is 2. The molecule has 2 aromatic rings. The van der Waals surface area contributed by atoms with Gasteiger partial charge in [-0.2, -0.15) is 0 Å². The number of hydrogen-bond donors (Lipinski definition) is 0. The lowest BCUT2D eigenvalue weighted by molar-refractivity contribution is -0.121. The fourth-order valence-electron chi connectivity index (χ4n) is 2.44. The van der Waals surface area contributed by atoms with E-state index in [2.05, 4.69) is 0 Å². The minimum absolute atomic E-state index is 0.0300. The number of carbonyl (C=O) groups is 2. The Bertz CT molecular complexity index is 729. The van der Waals surface area contributed by atoms with Crippen molar-refractivity contribution in [2.24, 2.45) is 0 Å². The monoisotopic (exact) mass is 340 g/mol. The number of nitrogens with zero attached hydrogens (tertiary/aromatic N) is 2. The molecule has 25 heavy (non-hydrogen) atoms. The van der Waals surface area contributed by atoms with Gasteiger partial charge < -0.3 is 9.64 Å². The highest BCUT2D eigenvalue weighted by Gasteiger charge is 2.22. The summed E-state index contributed by atoms with van der Waals surface area (Å²) in [5, 5.41) is 0. The van der Waals surface area contributed by atoms with Crippen LogP contribution in [0.25, 0.3) is 0 Å². The van der Waals surface area contributed by atoms with Crippen molar-refractivity contribution in [3.8, 4) is 5.75 Å². The Kier molecular flexibility index (Phi) is 6.17. The van der Waals surface area contributed by atoms with Gasteiger partial charge in [0.25, 0.3) is 0 Å². The molecule has 0 radical (unpaired) electrons. The van der Waals surface area contributed by atoms with E-state index in [1.165, 1.54) is 11.8 Å². The van der Waals surface area contributed by atoms with Crippen LogP contribution in [-0.4, -0.2) is 31.5 Å². The van der Waals surface area contributed by atoms with Crippen LogP contribution in [-0.2, 0) is 9.59 Å². The predicted molar refractivity (Wildman–Crippen MR) is 100 cm³/mol. The van der Waals surface area contributed by atoms with E-state index in [0.29, 0.717) is 11.4 Å². The standard InChI is InChI=1S/C20H24N2O3/c1-15(2)25-19-13-9-8-12-18(19)22(16(3)23)14-20(24)21(4)17-10-6-5-7-11-17/h5-13,15H,14H2,1-4H3. The number of carbonyl (C=O) groups excluding carboxylic acids is 2. The Balaban J connectivity index is 2.25. The molecule has 0 aromatic heterocycles. The molecule has 0 saturated heterocycles. The Hall–Kier alpha value is -2.82. The van der Waals surface area contributed by atoms with Gasteiger partial charge in [0.2, 0.25) is 11.8 Å². The average molecular weight is 340 g/mol. The van der Waals surface area contributed by atoms with E-state index >= 15 is 0 Å². The molecule has 0 unspecified atom stereocenters. The van der Waals surface area contributed by atoms with Gasteiger partial charge in [0.1, 0.15) is 12.3 Å². The van der Waals surface area contributed by atoms with E-state index in [-0.39, 0.29) is 24.5 Å². The maximum Gasteiger partial charge on any atom is 0.246 e. The molecule has 0 saturated carbocycles. The summed E-state index contributed by atoms with van der Waals surface area (Å²) in [7, 11) is 1.70. The molecule has 0 N–H and O–H groups in total.